The summed E-state index contributed by atoms with van der Waals surface area (Å²) in [6.45, 7) is -0.517. The van der Waals surface area contributed by atoms with Crippen molar-refractivity contribution in [3.05, 3.63) is 65.7 Å². The highest BCUT2D eigenvalue weighted by Gasteiger charge is 2.39. The summed E-state index contributed by atoms with van der Waals surface area (Å²) in [5, 5.41) is 33.2. The number of phenols is 1. The average Bonchev–Trinajstić information content (AvgIpc) is 3.62. The van der Waals surface area contributed by atoms with Crippen molar-refractivity contribution in [2.45, 2.75) is 75.2 Å². The first-order valence-corrected chi connectivity index (χ1v) is 17.2. The zero-order chi connectivity index (χ0) is 37.6. The number of aliphatic hydroxyl groups excluding tert-OH is 1. The maximum Gasteiger partial charge on any atom is 0.245 e. The van der Waals surface area contributed by atoms with Gasteiger partial charge in [-0.15, -0.1) is 0 Å². The Bertz CT molecular complexity index is 1600. The number of amides is 6. The molecular weight excluding hydrogens is 674 g/mol. The van der Waals surface area contributed by atoms with Gasteiger partial charge in [0.1, 0.15) is 36.0 Å². The highest BCUT2D eigenvalue weighted by atomic mass is 16.3. The Kier molecular flexibility index (Phi) is 14.3. The number of aliphatic hydroxyl groups is 1. The number of hydrogen-bond acceptors (Lipinski definition) is 9. The first-order chi connectivity index (χ1) is 24.9. The molecule has 2 fully saturated rings. The second-order valence-corrected chi connectivity index (χ2v) is 12.7. The maximum absolute atomic E-state index is 14.0. The number of benzene rings is 2. The molecule has 2 aromatic rings. The third-order valence-corrected chi connectivity index (χ3v) is 8.81. The molecular formula is C35H47N9O8. The van der Waals surface area contributed by atoms with Crippen LogP contribution in [0.15, 0.2) is 59.6 Å². The third-order valence-electron chi connectivity index (χ3n) is 8.81. The fraction of sp³-hybridized carbons (Fsp3) is 0.457. The van der Waals surface area contributed by atoms with E-state index in [1.165, 1.54) is 17.0 Å². The van der Waals surface area contributed by atoms with E-state index in [2.05, 4.69) is 31.6 Å². The van der Waals surface area contributed by atoms with Gasteiger partial charge in [0, 0.05) is 38.9 Å². The molecule has 0 aromatic heterocycles. The first-order valence-electron chi connectivity index (χ1n) is 17.2. The van der Waals surface area contributed by atoms with Crippen molar-refractivity contribution in [1.82, 2.24) is 31.5 Å². The van der Waals surface area contributed by atoms with Gasteiger partial charge in [0.15, 0.2) is 5.96 Å². The first kappa shape index (κ1) is 39.1. The number of guanidine groups is 1. The van der Waals surface area contributed by atoms with Crippen molar-refractivity contribution >= 4 is 41.4 Å². The van der Waals surface area contributed by atoms with E-state index in [0.717, 1.165) is 0 Å². The van der Waals surface area contributed by atoms with Crippen molar-refractivity contribution in [2.75, 3.05) is 26.2 Å². The molecule has 2 saturated heterocycles. The summed E-state index contributed by atoms with van der Waals surface area (Å²) in [7, 11) is 0. The van der Waals surface area contributed by atoms with Crippen LogP contribution >= 0.6 is 0 Å². The van der Waals surface area contributed by atoms with Crippen LogP contribution in [0.5, 0.6) is 5.75 Å². The number of fused-ring (bicyclic) bond motifs is 1. The Hall–Kier alpha value is -5.71. The molecule has 2 aliphatic heterocycles. The zero-order valence-corrected chi connectivity index (χ0v) is 28.8. The minimum Gasteiger partial charge on any atom is -0.508 e. The molecule has 5 atom stereocenters. The van der Waals surface area contributed by atoms with Gasteiger partial charge in [0.05, 0.1) is 6.61 Å². The van der Waals surface area contributed by atoms with E-state index < -0.39 is 72.3 Å². The molecule has 2 heterocycles. The molecule has 0 bridgehead atoms. The molecule has 4 rings (SSSR count). The molecule has 0 unspecified atom stereocenters. The third kappa shape index (κ3) is 11.4. The van der Waals surface area contributed by atoms with E-state index >= 15 is 0 Å². The predicted octanol–water partition coefficient (Wildman–Crippen LogP) is -2.33. The highest BCUT2D eigenvalue weighted by molar-refractivity contribution is 5.97. The van der Waals surface area contributed by atoms with Crippen LogP contribution in [0.3, 0.4) is 0 Å². The number of nitrogens with zero attached hydrogens (tertiary/aromatic N) is 2. The largest absolute Gasteiger partial charge is 0.508 e. The lowest BCUT2D eigenvalue weighted by atomic mass is 10.0. The summed E-state index contributed by atoms with van der Waals surface area (Å²) < 4.78 is 0. The molecule has 0 radical (unpaired) electrons. The van der Waals surface area contributed by atoms with Crippen molar-refractivity contribution in [3.8, 4) is 5.75 Å². The summed E-state index contributed by atoms with van der Waals surface area (Å²) >= 11 is 0. The molecule has 52 heavy (non-hydrogen) atoms. The topological polar surface area (TPSA) is 271 Å². The Morgan fingerprint density at radius 1 is 0.769 bits per heavy atom. The number of rotatable bonds is 9. The SMILES string of the molecule is NC(N)=NCCC[C@@H]1NC(=O)[C@H](Cc2ccc(O)cc2)NC(=O)[C@H](CO)NC(=O)[C@H](Cc2ccccc2)NC(=O)CCNC(=O)[C@@H]2CCCN2C1=O. The minimum absolute atomic E-state index is 0.0198. The van der Waals surface area contributed by atoms with Crippen LogP contribution in [0.2, 0.25) is 0 Å². The molecule has 2 aromatic carbocycles. The van der Waals surface area contributed by atoms with E-state index in [1.807, 2.05) is 0 Å². The smallest absolute Gasteiger partial charge is 0.245 e. The van der Waals surface area contributed by atoms with Crippen LogP contribution in [0.25, 0.3) is 0 Å². The quantitative estimate of drug-likeness (QED) is 0.0757. The lowest BCUT2D eigenvalue weighted by molar-refractivity contribution is -0.142. The molecule has 11 N–H and O–H groups in total. The summed E-state index contributed by atoms with van der Waals surface area (Å²) in [6, 6.07) is 8.76. The zero-order valence-electron chi connectivity index (χ0n) is 28.8. The van der Waals surface area contributed by atoms with E-state index in [-0.39, 0.29) is 63.4 Å². The predicted molar refractivity (Wildman–Crippen MR) is 189 cm³/mol. The van der Waals surface area contributed by atoms with Gasteiger partial charge in [-0.1, -0.05) is 42.5 Å². The van der Waals surface area contributed by atoms with Crippen molar-refractivity contribution in [2.24, 2.45) is 16.5 Å². The highest BCUT2D eigenvalue weighted by Crippen LogP contribution is 2.20. The van der Waals surface area contributed by atoms with Crippen LogP contribution in [-0.4, -0.2) is 113 Å². The summed E-state index contributed by atoms with van der Waals surface area (Å²) in [6.07, 6.45) is 1.03. The number of nitrogens with two attached hydrogens (primary N) is 2. The van der Waals surface area contributed by atoms with E-state index in [4.69, 9.17) is 11.5 Å². The van der Waals surface area contributed by atoms with Gasteiger partial charge in [-0.2, -0.15) is 0 Å². The van der Waals surface area contributed by atoms with Crippen molar-refractivity contribution in [1.29, 1.82) is 0 Å². The van der Waals surface area contributed by atoms with Gasteiger partial charge >= 0.3 is 0 Å². The lowest BCUT2D eigenvalue weighted by Crippen LogP contribution is -2.60. The van der Waals surface area contributed by atoms with E-state index in [0.29, 0.717) is 24.0 Å². The van der Waals surface area contributed by atoms with Crippen LogP contribution in [0.4, 0.5) is 0 Å². The van der Waals surface area contributed by atoms with Gasteiger partial charge in [-0.05, 0) is 48.9 Å². The number of phenolic OH excluding ortho intramolecular Hbond substituents is 1. The molecule has 0 aliphatic carbocycles. The molecule has 2 aliphatic rings. The normalized spacial score (nSPS) is 23.8. The van der Waals surface area contributed by atoms with Crippen LogP contribution in [0.1, 0.15) is 43.2 Å². The number of hydrogen-bond donors (Lipinski definition) is 9. The van der Waals surface area contributed by atoms with Crippen molar-refractivity contribution in [3.63, 3.8) is 0 Å². The van der Waals surface area contributed by atoms with Crippen LogP contribution in [-0.2, 0) is 41.6 Å². The van der Waals surface area contributed by atoms with Gasteiger partial charge in [0.2, 0.25) is 35.4 Å². The maximum atomic E-state index is 14.0. The van der Waals surface area contributed by atoms with Gasteiger partial charge < -0.3 is 53.2 Å². The average molecular weight is 722 g/mol. The number of aliphatic imine (C=N–C) groups is 1. The fourth-order valence-electron chi connectivity index (χ4n) is 6.09. The number of nitrogens with one attached hydrogen (secondary N) is 5. The standard InChI is InChI=1S/C35H47N9O8/c36-35(37)39-15-4-8-24-34(52)44-17-5-9-28(44)33(51)38-16-14-29(47)40-25(18-21-6-2-1-3-7-21)30(48)43-27(20-45)32(50)42-26(31(49)41-24)19-22-10-12-23(46)13-11-22/h1-3,6-7,10-13,24-28,45-46H,4-5,8-9,14-20H2,(H,38,51)(H,40,47)(H,41,49)(H,42,50)(H,43,48)(H4,36,37,39)/t24-,25-,26-,27-,28-/m0/s1. The fourth-order valence-corrected chi connectivity index (χ4v) is 6.09. The number of aromatic hydroxyl groups is 1. The van der Waals surface area contributed by atoms with Crippen LogP contribution < -0.4 is 38.1 Å². The Morgan fingerprint density at radius 2 is 1.37 bits per heavy atom. The molecule has 17 heteroatoms. The van der Waals surface area contributed by atoms with Gasteiger partial charge in [-0.25, -0.2) is 0 Å². The van der Waals surface area contributed by atoms with E-state index in [1.54, 1.807) is 42.5 Å². The Labute approximate surface area is 301 Å². The molecule has 0 saturated carbocycles. The Balaban J connectivity index is 1.67. The second-order valence-electron chi connectivity index (χ2n) is 12.7. The summed E-state index contributed by atoms with van der Waals surface area (Å²) in [5.41, 5.74) is 12.2. The molecule has 6 amide bonds. The monoisotopic (exact) mass is 721 g/mol. The summed E-state index contributed by atoms with van der Waals surface area (Å²) in [4.78, 5) is 86.8. The minimum atomic E-state index is -1.53. The lowest BCUT2D eigenvalue weighted by Gasteiger charge is -2.30. The Morgan fingerprint density at radius 3 is 2.02 bits per heavy atom. The summed E-state index contributed by atoms with van der Waals surface area (Å²) in [5.74, 6) is -4.12. The van der Waals surface area contributed by atoms with Gasteiger partial charge in [0.25, 0.3) is 0 Å². The second kappa shape index (κ2) is 19.1. The van der Waals surface area contributed by atoms with Crippen molar-refractivity contribution < 1.29 is 39.0 Å². The van der Waals surface area contributed by atoms with E-state index in [9.17, 15) is 39.0 Å². The number of carbonyl (C=O) groups is 6. The molecule has 0 spiro atoms. The number of carbonyl (C=O) groups excluding carboxylic acids is 6. The molecule has 280 valence electrons. The van der Waals surface area contributed by atoms with Crippen LogP contribution in [0, 0.1) is 0 Å². The van der Waals surface area contributed by atoms with Gasteiger partial charge in [-0.3, -0.25) is 33.8 Å². The molecule has 17 nitrogen and oxygen atoms in total.